The number of aliphatic hydroxyl groups is 1. The van der Waals surface area contributed by atoms with Crippen molar-refractivity contribution in [1.82, 2.24) is 0 Å². The molecule has 5 atom stereocenters. The van der Waals surface area contributed by atoms with Gasteiger partial charge in [-0.15, -0.1) is 0 Å². The van der Waals surface area contributed by atoms with E-state index in [4.69, 9.17) is 13.9 Å². The minimum atomic E-state index is -0.862. The molecule has 0 bridgehead atoms. The smallest absolute Gasteiger partial charge is 0.336 e. The van der Waals surface area contributed by atoms with Crippen LogP contribution in [0.5, 0.6) is 5.75 Å². The molecule has 32 heavy (non-hydrogen) atoms. The van der Waals surface area contributed by atoms with E-state index in [2.05, 4.69) is 20.8 Å². The summed E-state index contributed by atoms with van der Waals surface area (Å²) < 4.78 is 17.2. The molecule has 2 aromatic rings. The van der Waals surface area contributed by atoms with Crippen molar-refractivity contribution in [2.45, 2.75) is 72.0 Å². The number of ether oxygens (including phenoxy) is 2. The Labute approximate surface area is 188 Å². The average molecular weight is 443 g/mol. The van der Waals surface area contributed by atoms with E-state index >= 15 is 0 Å². The molecule has 0 spiro atoms. The highest BCUT2D eigenvalue weighted by molar-refractivity contribution is 5.77. The molecule has 0 amide bonds. The van der Waals surface area contributed by atoms with E-state index in [1.54, 1.807) is 12.1 Å². The predicted molar refractivity (Wildman–Crippen MR) is 121 cm³/mol. The summed E-state index contributed by atoms with van der Waals surface area (Å²) >= 11 is 0. The van der Waals surface area contributed by atoms with Crippen molar-refractivity contribution in [3.8, 4) is 5.75 Å². The minimum absolute atomic E-state index is 0.0928. The highest BCUT2D eigenvalue weighted by Crippen LogP contribution is 2.62. The first-order chi connectivity index (χ1) is 14.9. The van der Waals surface area contributed by atoms with Crippen molar-refractivity contribution in [2.75, 3.05) is 6.61 Å². The van der Waals surface area contributed by atoms with Crippen LogP contribution in [0, 0.1) is 22.7 Å². The fourth-order valence-electron chi connectivity index (χ4n) is 6.59. The summed E-state index contributed by atoms with van der Waals surface area (Å²) in [6.45, 7) is 10.4. The Hall–Kier alpha value is -2.34. The molecular weight excluding hydrogens is 408 g/mol. The molecule has 1 aromatic carbocycles. The van der Waals surface area contributed by atoms with Gasteiger partial charge in [0.25, 0.3) is 0 Å². The van der Waals surface area contributed by atoms with Gasteiger partial charge in [-0.1, -0.05) is 20.8 Å². The van der Waals surface area contributed by atoms with E-state index < -0.39 is 11.2 Å². The lowest BCUT2D eigenvalue weighted by atomic mass is 9.45. The van der Waals surface area contributed by atoms with E-state index in [0.29, 0.717) is 24.4 Å². The predicted octanol–water partition coefficient (Wildman–Crippen LogP) is 4.71. The van der Waals surface area contributed by atoms with E-state index in [-0.39, 0.29) is 34.7 Å². The van der Waals surface area contributed by atoms with Crippen LogP contribution in [0.3, 0.4) is 0 Å². The quantitative estimate of drug-likeness (QED) is 0.545. The van der Waals surface area contributed by atoms with E-state index in [9.17, 15) is 14.7 Å². The number of fused-ring (bicyclic) bond motifs is 2. The van der Waals surface area contributed by atoms with Crippen molar-refractivity contribution in [3.05, 3.63) is 40.8 Å². The average Bonchev–Trinajstić information content (AvgIpc) is 2.68. The fourth-order valence-corrected chi connectivity index (χ4v) is 6.59. The lowest BCUT2D eigenvalue weighted by Crippen LogP contribution is -2.62. The van der Waals surface area contributed by atoms with Gasteiger partial charge in [0.15, 0.2) is 0 Å². The molecular formula is C26H34O6. The molecule has 0 aliphatic heterocycles. The van der Waals surface area contributed by atoms with Crippen LogP contribution in [-0.2, 0) is 9.53 Å². The molecule has 2 aliphatic rings. The first kappa shape index (κ1) is 22.8. The monoisotopic (exact) mass is 442 g/mol. The second kappa shape index (κ2) is 7.91. The molecule has 0 saturated heterocycles. The summed E-state index contributed by atoms with van der Waals surface area (Å²) in [5.41, 5.74) is -1.13. The third kappa shape index (κ3) is 3.94. The lowest BCUT2D eigenvalue weighted by molar-refractivity contribution is -0.210. The maximum absolute atomic E-state index is 11.7. The van der Waals surface area contributed by atoms with Gasteiger partial charge >= 0.3 is 11.6 Å². The zero-order valence-corrected chi connectivity index (χ0v) is 19.6. The number of benzene rings is 1. The first-order valence-corrected chi connectivity index (χ1v) is 11.5. The number of carbonyl (C=O) groups is 1. The standard InChI is InChI=1S/C26H34O6/c1-16(27)31-22-11-12-25(4)20(24(22,2)3)10-13-26(5,29)21(25)15-30-18-8-6-17-7-9-23(28)32-19(17)14-18/h6-9,14,20-22,29H,10-13,15H2,1-5H3/t20?,21-,22-,25+,26-/m1/s1. The molecule has 1 aromatic heterocycles. The van der Waals surface area contributed by atoms with Crippen LogP contribution in [0.1, 0.15) is 60.3 Å². The number of rotatable bonds is 4. The maximum atomic E-state index is 11.7. The summed E-state index contributed by atoms with van der Waals surface area (Å²) in [6.07, 6.45) is 3.06. The van der Waals surface area contributed by atoms with Gasteiger partial charge in [0, 0.05) is 35.8 Å². The van der Waals surface area contributed by atoms with Gasteiger partial charge in [-0.05, 0) is 62.1 Å². The second-order valence-corrected chi connectivity index (χ2v) is 10.7. The zero-order valence-electron chi connectivity index (χ0n) is 19.6. The second-order valence-electron chi connectivity index (χ2n) is 10.7. The number of hydrogen-bond donors (Lipinski definition) is 1. The van der Waals surface area contributed by atoms with Gasteiger partial charge in [-0.25, -0.2) is 4.79 Å². The van der Waals surface area contributed by atoms with E-state index in [0.717, 1.165) is 24.6 Å². The summed E-state index contributed by atoms with van der Waals surface area (Å²) in [5, 5.41) is 12.2. The van der Waals surface area contributed by atoms with E-state index in [1.165, 1.54) is 13.0 Å². The molecule has 1 N–H and O–H groups in total. The maximum Gasteiger partial charge on any atom is 0.336 e. The van der Waals surface area contributed by atoms with Crippen molar-refractivity contribution >= 4 is 16.9 Å². The van der Waals surface area contributed by atoms with Crippen LogP contribution in [0.15, 0.2) is 39.5 Å². The van der Waals surface area contributed by atoms with Gasteiger partial charge < -0.3 is 19.0 Å². The van der Waals surface area contributed by atoms with Crippen LogP contribution < -0.4 is 10.4 Å². The highest BCUT2D eigenvalue weighted by Gasteiger charge is 2.61. The van der Waals surface area contributed by atoms with Gasteiger partial charge in [-0.3, -0.25) is 4.79 Å². The Bertz CT molecular complexity index is 1070. The number of esters is 1. The Kier molecular flexibility index (Phi) is 5.64. The van der Waals surface area contributed by atoms with Crippen molar-refractivity contribution in [2.24, 2.45) is 22.7 Å². The van der Waals surface area contributed by atoms with Gasteiger partial charge in [0.2, 0.25) is 0 Å². The van der Waals surface area contributed by atoms with Gasteiger partial charge in [-0.2, -0.15) is 0 Å². The number of hydrogen-bond acceptors (Lipinski definition) is 6. The van der Waals surface area contributed by atoms with Crippen LogP contribution in [0.4, 0.5) is 0 Å². The van der Waals surface area contributed by atoms with Crippen molar-refractivity contribution in [1.29, 1.82) is 0 Å². The van der Waals surface area contributed by atoms with E-state index in [1.807, 2.05) is 19.1 Å². The summed E-state index contributed by atoms with van der Waals surface area (Å²) in [5.74, 6) is 0.569. The Morgan fingerprint density at radius 1 is 1.12 bits per heavy atom. The molecule has 1 heterocycles. The van der Waals surface area contributed by atoms with Gasteiger partial charge in [0.1, 0.15) is 17.4 Å². The molecule has 2 fully saturated rings. The van der Waals surface area contributed by atoms with Crippen LogP contribution >= 0.6 is 0 Å². The summed E-state index contributed by atoms with van der Waals surface area (Å²) in [4.78, 5) is 23.2. The summed E-state index contributed by atoms with van der Waals surface area (Å²) in [7, 11) is 0. The van der Waals surface area contributed by atoms with Crippen LogP contribution in [-0.4, -0.2) is 29.4 Å². The third-order valence-corrected chi connectivity index (χ3v) is 8.27. The lowest BCUT2D eigenvalue weighted by Gasteiger charge is -2.62. The highest BCUT2D eigenvalue weighted by atomic mass is 16.5. The Morgan fingerprint density at radius 3 is 2.56 bits per heavy atom. The SMILES string of the molecule is CC(=O)O[C@@H]1CC[C@@]2(C)C(CC[C@@](C)(O)[C@@H]2COc2ccc3ccc(=O)oc3c2)C1(C)C. The fraction of sp³-hybridized carbons (Fsp3) is 0.615. The largest absolute Gasteiger partial charge is 0.493 e. The molecule has 6 nitrogen and oxygen atoms in total. The molecule has 1 unspecified atom stereocenters. The van der Waals surface area contributed by atoms with Crippen molar-refractivity contribution in [3.63, 3.8) is 0 Å². The minimum Gasteiger partial charge on any atom is -0.493 e. The Balaban J connectivity index is 1.59. The normalized spacial score (nSPS) is 34.0. The molecule has 2 aliphatic carbocycles. The zero-order chi connectivity index (χ0) is 23.3. The molecule has 2 saturated carbocycles. The van der Waals surface area contributed by atoms with Crippen molar-refractivity contribution < 1.29 is 23.8 Å². The van der Waals surface area contributed by atoms with Crippen LogP contribution in [0.25, 0.3) is 11.0 Å². The molecule has 174 valence electrons. The molecule has 4 rings (SSSR count). The topological polar surface area (TPSA) is 86.0 Å². The summed E-state index contributed by atoms with van der Waals surface area (Å²) in [6, 6.07) is 8.59. The van der Waals surface area contributed by atoms with Crippen LogP contribution in [0.2, 0.25) is 0 Å². The molecule has 0 radical (unpaired) electrons. The Morgan fingerprint density at radius 2 is 1.84 bits per heavy atom. The third-order valence-electron chi connectivity index (χ3n) is 8.27. The molecule has 6 heteroatoms. The number of carbonyl (C=O) groups excluding carboxylic acids is 1. The van der Waals surface area contributed by atoms with Gasteiger partial charge in [0.05, 0.1) is 12.2 Å². The first-order valence-electron chi connectivity index (χ1n) is 11.5.